The molecule has 0 aliphatic heterocycles. The predicted octanol–water partition coefficient (Wildman–Crippen LogP) is 2.65. The molecule has 0 aliphatic carbocycles. The summed E-state index contributed by atoms with van der Waals surface area (Å²) in [6, 6.07) is 3.67. The van der Waals surface area contributed by atoms with E-state index in [2.05, 4.69) is 20.9 Å². The van der Waals surface area contributed by atoms with Crippen LogP contribution in [0.3, 0.4) is 0 Å². The van der Waals surface area contributed by atoms with Crippen LogP contribution in [0.5, 0.6) is 6.01 Å². The second-order valence-corrected chi connectivity index (χ2v) is 4.98. The SMILES string of the molecule is COc1nc(C)cc(=O)n1Cc1c(F)ccc(Br)c1F. The average Bonchev–Trinajstić information content (AvgIpc) is 2.40. The standard InChI is InChI=1S/C13H11BrF2N2O2/c1-7-5-11(19)18(13(17-7)20-2)6-8-10(15)4-3-9(14)12(8)16/h3-5H,6H2,1-2H3. The van der Waals surface area contributed by atoms with Crippen LogP contribution in [0, 0.1) is 18.6 Å². The molecule has 0 bridgehead atoms. The van der Waals surface area contributed by atoms with Gasteiger partial charge in [0.2, 0.25) is 0 Å². The molecule has 0 radical (unpaired) electrons. The fourth-order valence-electron chi connectivity index (χ4n) is 1.77. The van der Waals surface area contributed by atoms with Crippen molar-refractivity contribution in [1.82, 2.24) is 9.55 Å². The molecule has 1 aromatic carbocycles. The van der Waals surface area contributed by atoms with Gasteiger partial charge < -0.3 is 4.74 Å². The van der Waals surface area contributed by atoms with Gasteiger partial charge in [-0.05, 0) is 35.0 Å². The lowest BCUT2D eigenvalue weighted by molar-refractivity contribution is 0.347. The van der Waals surface area contributed by atoms with Crippen LogP contribution in [-0.4, -0.2) is 16.7 Å². The average molecular weight is 345 g/mol. The second-order valence-electron chi connectivity index (χ2n) is 4.13. The van der Waals surface area contributed by atoms with Gasteiger partial charge in [0.1, 0.15) is 11.6 Å². The van der Waals surface area contributed by atoms with E-state index in [9.17, 15) is 13.6 Å². The Hall–Kier alpha value is -1.76. The number of benzene rings is 1. The van der Waals surface area contributed by atoms with E-state index >= 15 is 0 Å². The van der Waals surface area contributed by atoms with E-state index in [1.54, 1.807) is 6.92 Å². The van der Waals surface area contributed by atoms with Crippen molar-refractivity contribution >= 4 is 15.9 Å². The van der Waals surface area contributed by atoms with Crippen LogP contribution in [0.1, 0.15) is 11.3 Å². The number of hydrogen-bond acceptors (Lipinski definition) is 3. The predicted molar refractivity (Wildman–Crippen MR) is 72.9 cm³/mol. The van der Waals surface area contributed by atoms with E-state index < -0.39 is 17.2 Å². The molecule has 4 nitrogen and oxygen atoms in total. The molecule has 1 heterocycles. The minimum atomic E-state index is -0.750. The van der Waals surface area contributed by atoms with Gasteiger partial charge in [0.15, 0.2) is 0 Å². The minimum absolute atomic E-state index is 0.00813. The van der Waals surface area contributed by atoms with Crippen molar-refractivity contribution in [1.29, 1.82) is 0 Å². The second kappa shape index (κ2) is 5.70. The largest absolute Gasteiger partial charge is 0.468 e. The molecular formula is C13H11BrF2N2O2. The van der Waals surface area contributed by atoms with E-state index in [4.69, 9.17) is 4.74 Å². The van der Waals surface area contributed by atoms with Crippen LogP contribution >= 0.6 is 15.9 Å². The van der Waals surface area contributed by atoms with E-state index in [1.165, 1.54) is 19.2 Å². The van der Waals surface area contributed by atoms with Crippen molar-refractivity contribution in [2.24, 2.45) is 0 Å². The first-order valence-electron chi connectivity index (χ1n) is 5.69. The highest BCUT2D eigenvalue weighted by molar-refractivity contribution is 9.10. The molecule has 106 valence electrons. The zero-order valence-corrected chi connectivity index (χ0v) is 12.4. The van der Waals surface area contributed by atoms with E-state index in [0.29, 0.717) is 5.69 Å². The molecule has 2 rings (SSSR count). The fraction of sp³-hybridized carbons (Fsp3) is 0.231. The molecule has 0 saturated carbocycles. The third kappa shape index (κ3) is 2.72. The summed E-state index contributed by atoms with van der Waals surface area (Å²) >= 11 is 2.98. The molecule has 0 unspecified atom stereocenters. The van der Waals surface area contributed by atoms with Crippen LogP contribution in [0.2, 0.25) is 0 Å². The van der Waals surface area contributed by atoms with Gasteiger partial charge in [-0.1, -0.05) is 0 Å². The van der Waals surface area contributed by atoms with Gasteiger partial charge in [0.25, 0.3) is 11.6 Å². The molecule has 2 aromatic rings. The summed E-state index contributed by atoms with van der Waals surface area (Å²) in [5.41, 5.74) is -0.197. The number of hydrogen-bond donors (Lipinski definition) is 0. The maximum atomic E-state index is 13.9. The monoisotopic (exact) mass is 344 g/mol. The molecule has 0 N–H and O–H groups in total. The highest BCUT2D eigenvalue weighted by atomic mass is 79.9. The third-order valence-electron chi connectivity index (χ3n) is 2.74. The van der Waals surface area contributed by atoms with Crippen LogP contribution < -0.4 is 10.3 Å². The van der Waals surface area contributed by atoms with E-state index in [1.807, 2.05) is 0 Å². The van der Waals surface area contributed by atoms with Crippen LogP contribution in [-0.2, 0) is 6.54 Å². The number of aryl methyl sites for hydroxylation is 1. The molecule has 0 spiro atoms. The van der Waals surface area contributed by atoms with Crippen molar-refractivity contribution in [3.63, 3.8) is 0 Å². The summed E-state index contributed by atoms with van der Waals surface area (Å²) in [4.78, 5) is 15.9. The Morgan fingerprint density at radius 2 is 2.10 bits per heavy atom. The first-order valence-corrected chi connectivity index (χ1v) is 6.48. The van der Waals surface area contributed by atoms with Gasteiger partial charge >= 0.3 is 0 Å². The van der Waals surface area contributed by atoms with Crippen molar-refractivity contribution in [3.05, 3.63) is 55.9 Å². The Balaban J connectivity index is 2.56. The van der Waals surface area contributed by atoms with Gasteiger partial charge in [-0.15, -0.1) is 0 Å². The fourth-order valence-corrected chi connectivity index (χ4v) is 2.14. The molecule has 0 atom stereocenters. The van der Waals surface area contributed by atoms with Crippen LogP contribution in [0.25, 0.3) is 0 Å². The highest BCUT2D eigenvalue weighted by Crippen LogP contribution is 2.23. The normalized spacial score (nSPS) is 10.7. The summed E-state index contributed by atoms with van der Waals surface area (Å²) in [6.07, 6.45) is 0. The Bertz CT molecular complexity index is 716. The van der Waals surface area contributed by atoms with Crippen molar-refractivity contribution in [2.75, 3.05) is 7.11 Å². The summed E-state index contributed by atoms with van der Waals surface area (Å²) < 4.78 is 33.8. The van der Waals surface area contributed by atoms with E-state index in [0.717, 1.165) is 10.6 Å². The smallest absolute Gasteiger partial charge is 0.299 e. The van der Waals surface area contributed by atoms with E-state index in [-0.39, 0.29) is 22.6 Å². The first-order chi connectivity index (χ1) is 9.43. The Labute approximate surface area is 122 Å². The van der Waals surface area contributed by atoms with Gasteiger partial charge in [0, 0.05) is 17.3 Å². The zero-order valence-electron chi connectivity index (χ0n) is 10.8. The van der Waals surface area contributed by atoms with Crippen molar-refractivity contribution in [3.8, 4) is 6.01 Å². The summed E-state index contributed by atoms with van der Waals surface area (Å²) in [5, 5.41) is 0. The molecule has 1 aromatic heterocycles. The Morgan fingerprint density at radius 1 is 1.40 bits per heavy atom. The Kier molecular flexibility index (Phi) is 4.17. The molecule has 0 aliphatic rings. The van der Waals surface area contributed by atoms with Gasteiger partial charge in [-0.2, -0.15) is 0 Å². The molecular weight excluding hydrogens is 334 g/mol. The number of halogens is 3. The summed E-state index contributed by atoms with van der Waals surface area (Å²) in [6.45, 7) is 1.33. The molecule has 0 amide bonds. The lowest BCUT2D eigenvalue weighted by atomic mass is 10.2. The highest BCUT2D eigenvalue weighted by Gasteiger charge is 2.16. The number of aromatic nitrogens is 2. The molecule has 0 saturated heterocycles. The Morgan fingerprint density at radius 3 is 2.75 bits per heavy atom. The minimum Gasteiger partial charge on any atom is -0.468 e. The summed E-state index contributed by atoms with van der Waals surface area (Å²) in [7, 11) is 1.34. The van der Waals surface area contributed by atoms with Gasteiger partial charge in [-0.3, -0.25) is 9.36 Å². The van der Waals surface area contributed by atoms with Crippen LogP contribution in [0.15, 0.2) is 27.5 Å². The maximum Gasteiger partial charge on any atom is 0.299 e. The zero-order chi connectivity index (χ0) is 14.9. The van der Waals surface area contributed by atoms with Crippen molar-refractivity contribution in [2.45, 2.75) is 13.5 Å². The maximum absolute atomic E-state index is 13.9. The molecule has 7 heteroatoms. The number of methoxy groups -OCH3 is 1. The quantitative estimate of drug-likeness (QED) is 0.804. The lowest BCUT2D eigenvalue weighted by Gasteiger charge is -2.12. The van der Waals surface area contributed by atoms with Crippen LogP contribution in [0.4, 0.5) is 8.78 Å². The molecule has 0 fully saturated rings. The van der Waals surface area contributed by atoms with Gasteiger partial charge in [0.05, 0.1) is 18.1 Å². The van der Waals surface area contributed by atoms with Crippen molar-refractivity contribution < 1.29 is 13.5 Å². The lowest BCUT2D eigenvalue weighted by Crippen LogP contribution is -2.24. The number of nitrogens with zero attached hydrogens (tertiary/aromatic N) is 2. The number of rotatable bonds is 3. The topological polar surface area (TPSA) is 44.1 Å². The molecule has 20 heavy (non-hydrogen) atoms. The summed E-state index contributed by atoms with van der Waals surface area (Å²) in [5.74, 6) is -1.49. The van der Waals surface area contributed by atoms with Gasteiger partial charge in [-0.25, -0.2) is 13.8 Å². The number of ether oxygens (including phenoxy) is 1. The third-order valence-corrected chi connectivity index (χ3v) is 3.35. The first kappa shape index (κ1) is 14.6.